The van der Waals surface area contributed by atoms with Crippen molar-refractivity contribution in [2.24, 2.45) is 0 Å². The van der Waals surface area contributed by atoms with Crippen LogP contribution in [-0.2, 0) is 5.41 Å². The van der Waals surface area contributed by atoms with Gasteiger partial charge in [0, 0.05) is 16.5 Å². The molecule has 176 valence electrons. The highest BCUT2D eigenvalue weighted by atomic mass is 15.0. The molecule has 5 aromatic carbocycles. The van der Waals surface area contributed by atoms with Crippen molar-refractivity contribution < 1.29 is 12.3 Å². The Morgan fingerprint density at radius 3 is 1.97 bits per heavy atom. The van der Waals surface area contributed by atoms with Gasteiger partial charge in [-0.05, 0) is 64.4 Å². The van der Waals surface area contributed by atoms with Crippen LogP contribution in [0, 0.1) is 6.92 Å². The Kier molecular flexibility index (Phi) is 3.43. The monoisotopic (exact) mass is 474 g/mol. The van der Waals surface area contributed by atoms with E-state index in [0.717, 1.165) is 27.7 Å². The first-order valence-corrected chi connectivity index (χ1v) is 12.0. The van der Waals surface area contributed by atoms with E-state index in [1.807, 2.05) is 75.4 Å². The number of hydrogen-bond donors (Lipinski definition) is 0. The van der Waals surface area contributed by atoms with Crippen LogP contribution in [0.2, 0.25) is 0 Å². The molecule has 0 radical (unpaired) electrons. The van der Waals surface area contributed by atoms with E-state index in [0.29, 0.717) is 16.5 Å². The fourth-order valence-electron chi connectivity index (χ4n) is 5.10. The van der Waals surface area contributed by atoms with Crippen LogP contribution in [0.5, 0.6) is 0 Å². The van der Waals surface area contributed by atoms with Gasteiger partial charge in [0.1, 0.15) is 0 Å². The Labute approximate surface area is 226 Å². The first-order chi connectivity index (χ1) is 21.2. The summed E-state index contributed by atoms with van der Waals surface area (Å²) in [5.74, 6) is 0. The van der Waals surface area contributed by atoms with E-state index in [1.54, 1.807) is 13.0 Å². The molecule has 0 bridgehead atoms. The normalized spacial score (nSPS) is 15.4. The van der Waals surface area contributed by atoms with Crippen molar-refractivity contribution in [1.82, 2.24) is 4.57 Å². The third-order valence-electron chi connectivity index (χ3n) is 6.51. The number of aromatic nitrogens is 1. The predicted octanol–water partition coefficient (Wildman–Crippen LogP) is 9.72. The smallest absolute Gasteiger partial charge is 0.0629 e. The fraction of sp³-hybridized carbons (Fsp3) is 0.143. The van der Waals surface area contributed by atoms with E-state index >= 15 is 0 Å². The van der Waals surface area contributed by atoms with Crippen molar-refractivity contribution in [2.75, 3.05) is 0 Å². The van der Waals surface area contributed by atoms with Crippen LogP contribution in [0.3, 0.4) is 0 Å². The highest BCUT2D eigenvalue weighted by Crippen LogP contribution is 2.46. The SMILES string of the molecule is [2H]c1c([2H])c([2H])c(-c2cccc3c2c2c(C(C)(C)C)c(-c4c([2H])c([2H])c(C)c([2H])c4[2H])ccc2n3-c2ccccc2)c([2H])c1[2H]. The van der Waals surface area contributed by atoms with Crippen molar-refractivity contribution >= 4 is 21.8 Å². The summed E-state index contributed by atoms with van der Waals surface area (Å²) in [6.45, 7) is 7.65. The van der Waals surface area contributed by atoms with Gasteiger partial charge in [-0.3, -0.25) is 0 Å². The molecule has 0 aliphatic heterocycles. The Bertz CT molecular complexity index is 2130. The molecular weight excluding hydrogens is 434 g/mol. The summed E-state index contributed by atoms with van der Waals surface area (Å²) >= 11 is 0. The number of nitrogens with zero attached hydrogens (tertiary/aromatic N) is 1. The summed E-state index contributed by atoms with van der Waals surface area (Å²) in [4.78, 5) is 0. The zero-order valence-electron chi connectivity index (χ0n) is 29.7. The van der Waals surface area contributed by atoms with Gasteiger partial charge in [0.2, 0.25) is 0 Å². The average Bonchev–Trinajstić information content (AvgIpc) is 3.35. The summed E-state index contributed by atoms with van der Waals surface area (Å²) in [5.41, 5.74) is 4.17. The van der Waals surface area contributed by atoms with E-state index in [4.69, 9.17) is 12.3 Å². The van der Waals surface area contributed by atoms with E-state index < -0.39 is 23.5 Å². The maximum atomic E-state index is 8.92. The number of hydrogen-bond acceptors (Lipinski definition) is 0. The lowest BCUT2D eigenvalue weighted by molar-refractivity contribution is 0.598. The maximum Gasteiger partial charge on any atom is 0.0629 e. The molecule has 1 heterocycles. The van der Waals surface area contributed by atoms with Gasteiger partial charge in [-0.2, -0.15) is 0 Å². The molecule has 0 aliphatic rings. The predicted molar refractivity (Wildman–Crippen MR) is 155 cm³/mol. The fourth-order valence-corrected chi connectivity index (χ4v) is 5.10. The van der Waals surface area contributed by atoms with E-state index in [1.165, 1.54) is 0 Å². The van der Waals surface area contributed by atoms with Crippen LogP contribution < -0.4 is 0 Å². The number of benzene rings is 5. The third kappa shape index (κ3) is 3.63. The molecule has 6 rings (SSSR count). The second kappa shape index (κ2) is 8.53. The van der Waals surface area contributed by atoms with Gasteiger partial charge in [0.25, 0.3) is 0 Å². The van der Waals surface area contributed by atoms with E-state index in [-0.39, 0.29) is 52.9 Å². The van der Waals surface area contributed by atoms with Crippen LogP contribution in [0.25, 0.3) is 49.7 Å². The minimum atomic E-state index is -0.592. The van der Waals surface area contributed by atoms with Gasteiger partial charge >= 0.3 is 0 Å². The molecule has 1 heteroatoms. The molecule has 0 fully saturated rings. The Morgan fingerprint density at radius 1 is 0.611 bits per heavy atom. The standard InChI is InChI=1S/C35H31N/c1-24-18-20-26(21-19-24)29-22-23-31-33(34(29)35(2,3)4)32-28(25-12-7-5-8-13-25)16-11-17-30(32)36(31)27-14-9-6-10-15-27/h5-23H,1-4H3/i5D,7D,8D,12D,13D,18D,19D,20D,21D. The number of rotatable bonds is 3. The molecule has 0 amide bonds. The lowest BCUT2D eigenvalue weighted by atomic mass is 9.78. The van der Waals surface area contributed by atoms with Crippen molar-refractivity contribution in [1.29, 1.82) is 0 Å². The molecule has 0 saturated heterocycles. The Morgan fingerprint density at radius 2 is 1.28 bits per heavy atom. The second-order valence-corrected chi connectivity index (χ2v) is 10.0. The third-order valence-corrected chi connectivity index (χ3v) is 6.51. The molecule has 0 aliphatic carbocycles. The molecule has 0 atom stereocenters. The topological polar surface area (TPSA) is 4.93 Å². The molecular formula is C35H31N. The Balaban J connectivity index is 1.92. The quantitative estimate of drug-likeness (QED) is 0.240. The summed E-state index contributed by atoms with van der Waals surface area (Å²) in [6.07, 6.45) is 0. The zero-order chi connectivity index (χ0) is 32.7. The summed E-state index contributed by atoms with van der Waals surface area (Å²) in [6, 6.07) is 16.7. The Hall–Kier alpha value is -4.10. The van der Waals surface area contributed by atoms with Crippen molar-refractivity contribution in [2.45, 2.75) is 33.1 Å². The van der Waals surface area contributed by atoms with Crippen molar-refractivity contribution in [3.63, 3.8) is 0 Å². The van der Waals surface area contributed by atoms with Gasteiger partial charge in [0.15, 0.2) is 0 Å². The largest absolute Gasteiger partial charge is 0.309 e. The van der Waals surface area contributed by atoms with Gasteiger partial charge in [-0.25, -0.2) is 0 Å². The molecule has 1 aromatic heterocycles. The molecule has 0 saturated carbocycles. The number of fused-ring (bicyclic) bond motifs is 3. The van der Waals surface area contributed by atoms with E-state index in [2.05, 4.69) is 4.57 Å². The summed E-state index contributed by atoms with van der Waals surface area (Å²) in [5, 5.41) is 1.42. The van der Waals surface area contributed by atoms with Gasteiger partial charge < -0.3 is 4.57 Å². The first-order valence-electron chi connectivity index (χ1n) is 16.5. The lowest BCUT2D eigenvalue weighted by Gasteiger charge is -2.25. The van der Waals surface area contributed by atoms with E-state index in [9.17, 15) is 0 Å². The van der Waals surface area contributed by atoms with Crippen LogP contribution in [0.15, 0.2) is 115 Å². The summed E-state index contributed by atoms with van der Waals surface area (Å²) < 4.78 is 79.7. The number of para-hydroxylation sites is 1. The van der Waals surface area contributed by atoms with Crippen LogP contribution >= 0.6 is 0 Å². The lowest BCUT2D eigenvalue weighted by Crippen LogP contribution is -2.13. The molecule has 0 unspecified atom stereocenters. The van der Waals surface area contributed by atoms with Gasteiger partial charge in [0.05, 0.1) is 23.4 Å². The minimum absolute atomic E-state index is 0.0866. The van der Waals surface area contributed by atoms with Crippen molar-refractivity contribution in [3.8, 4) is 27.9 Å². The maximum absolute atomic E-state index is 8.92. The summed E-state index contributed by atoms with van der Waals surface area (Å²) in [7, 11) is 0. The zero-order valence-corrected chi connectivity index (χ0v) is 20.7. The molecule has 36 heavy (non-hydrogen) atoms. The molecule has 0 N–H and O–H groups in total. The van der Waals surface area contributed by atoms with Crippen LogP contribution in [0.1, 0.15) is 44.2 Å². The highest BCUT2D eigenvalue weighted by Gasteiger charge is 2.27. The van der Waals surface area contributed by atoms with Crippen molar-refractivity contribution in [3.05, 3.63) is 126 Å². The highest BCUT2D eigenvalue weighted by molar-refractivity contribution is 6.18. The van der Waals surface area contributed by atoms with Crippen LogP contribution in [0.4, 0.5) is 0 Å². The average molecular weight is 475 g/mol. The second-order valence-electron chi connectivity index (χ2n) is 10.0. The molecule has 0 spiro atoms. The molecule has 1 nitrogen and oxygen atoms in total. The first kappa shape index (κ1) is 14.5. The minimum Gasteiger partial charge on any atom is -0.309 e. The van der Waals surface area contributed by atoms with Gasteiger partial charge in [-0.1, -0.05) is 117 Å². The van der Waals surface area contributed by atoms with Crippen LogP contribution in [-0.4, -0.2) is 4.57 Å². The van der Waals surface area contributed by atoms with Gasteiger partial charge in [-0.15, -0.1) is 0 Å². The molecule has 6 aromatic rings.